The first kappa shape index (κ1) is 15.2. The second-order valence-electron chi connectivity index (χ2n) is 5.75. The van der Waals surface area contributed by atoms with Gasteiger partial charge in [0.05, 0.1) is 0 Å². The molecule has 4 heteroatoms. The van der Waals surface area contributed by atoms with Crippen LogP contribution in [0.25, 0.3) is 0 Å². The molecule has 0 aliphatic carbocycles. The van der Waals surface area contributed by atoms with Gasteiger partial charge < -0.3 is 10.2 Å². The van der Waals surface area contributed by atoms with E-state index in [1.165, 1.54) is 31.2 Å². The first-order valence-corrected chi connectivity index (χ1v) is 8.02. The molecular weight excluding hydrogens is 248 g/mol. The average molecular weight is 276 g/mol. The van der Waals surface area contributed by atoms with E-state index in [-0.39, 0.29) is 0 Å². The molecule has 0 bridgehead atoms. The number of nitrogens with one attached hydrogen (secondary N) is 1. The normalized spacial score (nSPS) is 16.2. The van der Waals surface area contributed by atoms with E-state index in [0.29, 0.717) is 0 Å². The number of rotatable bonds is 5. The van der Waals surface area contributed by atoms with Crippen molar-refractivity contribution in [2.45, 2.75) is 59.4 Å². The molecule has 0 spiro atoms. The van der Waals surface area contributed by atoms with Crippen LogP contribution in [-0.2, 0) is 6.54 Å². The van der Waals surface area contributed by atoms with Crippen molar-refractivity contribution in [3.05, 3.63) is 17.0 Å². The number of anilines is 1. The van der Waals surface area contributed by atoms with Gasteiger partial charge in [0.2, 0.25) is 5.95 Å². The van der Waals surface area contributed by atoms with Crippen molar-refractivity contribution in [1.29, 1.82) is 0 Å². The molecule has 0 radical (unpaired) electrons. The Balaban J connectivity index is 2.11. The van der Waals surface area contributed by atoms with Crippen LogP contribution in [0.3, 0.4) is 0 Å². The first-order chi connectivity index (χ1) is 9.72. The molecule has 1 aliphatic rings. The van der Waals surface area contributed by atoms with Crippen LogP contribution in [0.5, 0.6) is 0 Å². The molecule has 0 atom stereocenters. The molecule has 1 saturated heterocycles. The maximum atomic E-state index is 4.75. The van der Waals surface area contributed by atoms with Crippen molar-refractivity contribution in [1.82, 2.24) is 15.3 Å². The third-order valence-corrected chi connectivity index (χ3v) is 4.03. The number of aromatic nitrogens is 2. The molecule has 0 unspecified atom stereocenters. The van der Waals surface area contributed by atoms with Crippen LogP contribution in [0.2, 0.25) is 0 Å². The van der Waals surface area contributed by atoms with Crippen LogP contribution in [0, 0.1) is 13.8 Å². The fourth-order valence-electron chi connectivity index (χ4n) is 2.78. The highest BCUT2D eigenvalue weighted by atomic mass is 15.2. The lowest BCUT2D eigenvalue weighted by molar-refractivity contribution is 0.662. The summed E-state index contributed by atoms with van der Waals surface area (Å²) >= 11 is 0. The van der Waals surface area contributed by atoms with Crippen LogP contribution >= 0.6 is 0 Å². The lowest BCUT2D eigenvalue weighted by Gasteiger charge is -2.22. The monoisotopic (exact) mass is 276 g/mol. The summed E-state index contributed by atoms with van der Waals surface area (Å²) in [6.07, 6.45) is 6.37. The van der Waals surface area contributed by atoms with Crippen molar-refractivity contribution in [3.8, 4) is 0 Å². The van der Waals surface area contributed by atoms with Gasteiger partial charge in [0.15, 0.2) is 0 Å². The summed E-state index contributed by atoms with van der Waals surface area (Å²) in [6.45, 7) is 10.5. The Morgan fingerprint density at radius 1 is 1.00 bits per heavy atom. The minimum atomic E-state index is 0.881. The van der Waals surface area contributed by atoms with Crippen LogP contribution < -0.4 is 10.2 Å². The van der Waals surface area contributed by atoms with E-state index < -0.39 is 0 Å². The van der Waals surface area contributed by atoms with E-state index in [1.54, 1.807) is 0 Å². The molecule has 0 aromatic carbocycles. The smallest absolute Gasteiger partial charge is 0.225 e. The zero-order chi connectivity index (χ0) is 14.4. The lowest BCUT2D eigenvalue weighted by atomic mass is 10.1. The van der Waals surface area contributed by atoms with Crippen LogP contribution in [0.15, 0.2) is 0 Å². The molecular formula is C16H28N4. The highest BCUT2D eigenvalue weighted by Crippen LogP contribution is 2.19. The van der Waals surface area contributed by atoms with Crippen molar-refractivity contribution in [2.24, 2.45) is 0 Å². The summed E-state index contributed by atoms with van der Waals surface area (Å²) in [6, 6.07) is 0. The predicted octanol–water partition coefficient (Wildman–Crippen LogP) is 2.97. The number of hydrogen-bond acceptors (Lipinski definition) is 4. The van der Waals surface area contributed by atoms with Crippen molar-refractivity contribution in [2.75, 3.05) is 24.5 Å². The summed E-state index contributed by atoms with van der Waals surface area (Å²) in [5.74, 6) is 0.932. The van der Waals surface area contributed by atoms with Gasteiger partial charge in [-0.3, -0.25) is 0 Å². The lowest BCUT2D eigenvalue weighted by Crippen LogP contribution is -2.27. The molecule has 112 valence electrons. The second-order valence-corrected chi connectivity index (χ2v) is 5.75. The molecule has 1 N–H and O–H groups in total. The van der Waals surface area contributed by atoms with Gasteiger partial charge in [0.1, 0.15) is 0 Å². The average Bonchev–Trinajstić information content (AvgIpc) is 2.70. The van der Waals surface area contributed by atoms with Crippen LogP contribution in [0.1, 0.15) is 56.0 Å². The van der Waals surface area contributed by atoms with Gasteiger partial charge in [-0.15, -0.1) is 0 Å². The molecule has 1 aromatic rings. The van der Waals surface area contributed by atoms with Crippen molar-refractivity contribution >= 4 is 5.95 Å². The summed E-state index contributed by atoms with van der Waals surface area (Å²) in [5, 5.41) is 3.45. The number of nitrogens with zero attached hydrogens (tertiary/aromatic N) is 3. The first-order valence-electron chi connectivity index (χ1n) is 8.02. The van der Waals surface area contributed by atoms with Crippen LogP contribution in [-0.4, -0.2) is 29.6 Å². The summed E-state index contributed by atoms with van der Waals surface area (Å²) in [7, 11) is 0. The Kier molecular flexibility index (Phi) is 5.77. The van der Waals surface area contributed by atoms with E-state index in [0.717, 1.165) is 49.9 Å². The highest BCUT2D eigenvalue weighted by molar-refractivity contribution is 5.36. The fraction of sp³-hybridized carbons (Fsp3) is 0.750. The fourth-order valence-corrected chi connectivity index (χ4v) is 2.78. The Morgan fingerprint density at radius 2 is 1.60 bits per heavy atom. The molecule has 2 rings (SSSR count). The topological polar surface area (TPSA) is 41.1 Å². The van der Waals surface area contributed by atoms with E-state index in [4.69, 9.17) is 9.97 Å². The minimum absolute atomic E-state index is 0.881. The third-order valence-electron chi connectivity index (χ3n) is 4.03. The number of hydrogen-bond donors (Lipinski definition) is 1. The molecule has 4 nitrogen and oxygen atoms in total. The Hall–Kier alpha value is -1.16. The van der Waals surface area contributed by atoms with Gasteiger partial charge >= 0.3 is 0 Å². The second kappa shape index (κ2) is 7.58. The Labute approximate surface area is 123 Å². The maximum absolute atomic E-state index is 4.75. The van der Waals surface area contributed by atoms with E-state index in [2.05, 4.69) is 31.0 Å². The molecule has 1 aliphatic heterocycles. The van der Waals surface area contributed by atoms with Gasteiger partial charge in [-0.25, -0.2) is 9.97 Å². The maximum Gasteiger partial charge on any atom is 0.225 e. The van der Waals surface area contributed by atoms with Gasteiger partial charge in [-0.2, -0.15) is 0 Å². The van der Waals surface area contributed by atoms with E-state index in [1.807, 2.05) is 0 Å². The zero-order valence-electron chi connectivity index (χ0n) is 13.2. The SMILES string of the molecule is CCCNCc1c(C)nc(N2CCCCCC2)nc1C. The van der Waals surface area contributed by atoms with Gasteiger partial charge in [-0.1, -0.05) is 19.8 Å². The molecule has 0 saturated carbocycles. The van der Waals surface area contributed by atoms with Crippen molar-refractivity contribution < 1.29 is 0 Å². The zero-order valence-corrected chi connectivity index (χ0v) is 13.2. The standard InChI is InChI=1S/C16H28N4/c1-4-9-17-12-15-13(2)18-16(19-14(15)3)20-10-7-5-6-8-11-20/h17H,4-12H2,1-3H3. The summed E-state index contributed by atoms with van der Waals surface area (Å²) < 4.78 is 0. The van der Waals surface area contributed by atoms with E-state index >= 15 is 0 Å². The Bertz CT molecular complexity index is 399. The molecule has 2 heterocycles. The van der Waals surface area contributed by atoms with Gasteiger partial charge in [-0.05, 0) is 39.7 Å². The Morgan fingerprint density at radius 3 is 2.15 bits per heavy atom. The van der Waals surface area contributed by atoms with Crippen LogP contribution in [0.4, 0.5) is 5.95 Å². The van der Waals surface area contributed by atoms with Crippen molar-refractivity contribution in [3.63, 3.8) is 0 Å². The van der Waals surface area contributed by atoms with E-state index in [9.17, 15) is 0 Å². The molecule has 1 fully saturated rings. The number of aryl methyl sites for hydroxylation is 2. The summed E-state index contributed by atoms with van der Waals surface area (Å²) in [4.78, 5) is 11.9. The predicted molar refractivity (Wildman–Crippen MR) is 84.2 cm³/mol. The molecule has 20 heavy (non-hydrogen) atoms. The highest BCUT2D eigenvalue weighted by Gasteiger charge is 2.15. The van der Waals surface area contributed by atoms with Gasteiger partial charge in [0.25, 0.3) is 0 Å². The summed E-state index contributed by atoms with van der Waals surface area (Å²) in [5.41, 5.74) is 3.51. The van der Waals surface area contributed by atoms with Gasteiger partial charge in [0, 0.05) is 36.6 Å². The molecule has 0 amide bonds. The molecule has 1 aromatic heterocycles. The minimum Gasteiger partial charge on any atom is -0.341 e. The third kappa shape index (κ3) is 3.92. The largest absolute Gasteiger partial charge is 0.341 e. The quantitative estimate of drug-likeness (QED) is 0.840.